The molecule has 5 nitrogen and oxygen atoms in total. The fourth-order valence-electron chi connectivity index (χ4n) is 2.95. The average molecular weight is 298 g/mol. The summed E-state index contributed by atoms with van der Waals surface area (Å²) >= 11 is 0. The minimum Gasteiger partial charge on any atom is -0.371 e. The molecule has 5 heteroatoms. The van der Waals surface area contributed by atoms with Gasteiger partial charge in [0.1, 0.15) is 0 Å². The first-order valence-electron chi connectivity index (χ1n) is 7.77. The Labute approximate surface area is 130 Å². The fraction of sp³-hybridized carbons (Fsp3) is 0.412. The maximum Gasteiger partial charge on any atom is 0.224 e. The number of benzene rings is 1. The monoisotopic (exact) mass is 298 g/mol. The summed E-state index contributed by atoms with van der Waals surface area (Å²) < 4.78 is 1.72. The molecule has 1 saturated heterocycles. The van der Waals surface area contributed by atoms with Gasteiger partial charge in [0.25, 0.3) is 0 Å². The van der Waals surface area contributed by atoms with E-state index in [9.17, 15) is 4.79 Å². The number of amides is 1. The SMILES string of the molecule is Cn1cc(CC(=O)NC2CCN(c3ccccc3)CC2)cn1. The van der Waals surface area contributed by atoms with E-state index in [2.05, 4.69) is 39.6 Å². The lowest BCUT2D eigenvalue weighted by atomic mass is 10.0. The van der Waals surface area contributed by atoms with Crippen LogP contribution in [0.15, 0.2) is 42.7 Å². The minimum atomic E-state index is 0.0890. The van der Waals surface area contributed by atoms with E-state index in [1.165, 1.54) is 5.69 Å². The summed E-state index contributed by atoms with van der Waals surface area (Å²) in [7, 11) is 1.86. The first-order valence-corrected chi connectivity index (χ1v) is 7.77. The number of piperidine rings is 1. The highest BCUT2D eigenvalue weighted by molar-refractivity contribution is 5.78. The highest BCUT2D eigenvalue weighted by Crippen LogP contribution is 2.19. The number of carbonyl (C=O) groups excluding carboxylic acids is 1. The van der Waals surface area contributed by atoms with Crippen LogP contribution in [0.2, 0.25) is 0 Å². The van der Waals surface area contributed by atoms with E-state index in [0.29, 0.717) is 6.42 Å². The third-order valence-electron chi connectivity index (χ3n) is 4.10. The lowest BCUT2D eigenvalue weighted by molar-refractivity contribution is -0.121. The molecular weight excluding hydrogens is 276 g/mol. The van der Waals surface area contributed by atoms with Crippen molar-refractivity contribution >= 4 is 11.6 Å². The molecule has 22 heavy (non-hydrogen) atoms. The van der Waals surface area contributed by atoms with Crippen LogP contribution in [0.25, 0.3) is 0 Å². The van der Waals surface area contributed by atoms with Gasteiger partial charge in [0, 0.05) is 38.1 Å². The van der Waals surface area contributed by atoms with Crippen LogP contribution in [0.5, 0.6) is 0 Å². The van der Waals surface area contributed by atoms with Crippen LogP contribution in [0.3, 0.4) is 0 Å². The molecule has 1 aliphatic heterocycles. The third-order valence-corrected chi connectivity index (χ3v) is 4.10. The summed E-state index contributed by atoms with van der Waals surface area (Å²) in [6.45, 7) is 1.98. The van der Waals surface area contributed by atoms with Gasteiger partial charge in [-0.15, -0.1) is 0 Å². The van der Waals surface area contributed by atoms with E-state index in [1.807, 2.05) is 19.3 Å². The molecule has 0 atom stereocenters. The number of hydrogen-bond donors (Lipinski definition) is 1. The Balaban J connectivity index is 1.46. The van der Waals surface area contributed by atoms with Gasteiger partial charge in [0.15, 0.2) is 0 Å². The van der Waals surface area contributed by atoms with Crippen LogP contribution in [-0.4, -0.2) is 34.8 Å². The van der Waals surface area contributed by atoms with E-state index >= 15 is 0 Å². The van der Waals surface area contributed by atoms with E-state index in [0.717, 1.165) is 31.5 Å². The predicted molar refractivity (Wildman–Crippen MR) is 86.7 cm³/mol. The molecule has 1 fully saturated rings. The number of aryl methyl sites for hydroxylation is 1. The van der Waals surface area contributed by atoms with Crippen molar-refractivity contribution in [1.29, 1.82) is 0 Å². The van der Waals surface area contributed by atoms with E-state index in [4.69, 9.17) is 0 Å². The number of aromatic nitrogens is 2. The smallest absolute Gasteiger partial charge is 0.224 e. The molecule has 0 unspecified atom stereocenters. The molecule has 0 aliphatic carbocycles. The molecule has 1 aromatic carbocycles. The van der Waals surface area contributed by atoms with Gasteiger partial charge in [-0.2, -0.15) is 5.10 Å². The van der Waals surface area contributed by atoms with Gasteiger partial charge in [0.2, 0.25) is 5.91 Å². The number of carbonyl (C=O) groups is 1. The van der Waals surface area contributed by atoms with Gasteiger partial charge in [-0.25, -0.2) is 0 Å². The van der Waals surface area contributed by atoms with Crippen LogP contribution in [0.1, 0.15) is 18.4 Å². The zero-order chi connectivity index (χ0) is 15.4. The highest BCUT2D eigenvalue weighted by Gasteiger charge is 2.20. The number of hydrogen-bond acceptors (Lipinski definition) is 3. The quantitative estimate of drug-likeness (QED) is 0.935. The summed E-state index contributed by atoms with van der Waals surface area (Å²) in [6, 6.07) is 10.7. The third kappa shape index (κ3) is 3.67. The number of rotatable bonds is 4. The predicted octanol–water partition coefficient (Wildman–Crippen LogP) is 1.75. The maximum absolute atomic E-state index is 12.1. The van der Waals surface area contributed by atoms with Crippen molar-refractivity contribution in [3.05, 3.63) is 48.3 Å². The molecule has 0 radical (unpaired) electrons. The Morgan fingerprint density at radius 3 is 2.64 bits per heavy atom. The van der Waals surface area contributed by atoms with Gasteiger partial charge >= 0.3 is 0 Å². The van der Waals surface area contributed by atoms with Crippen molar-refractivity contribution < 1.29 is 4.79 Å². The number of nitrogens with zero attached hydrogens (tertiary/aromatic N) is 3. The summed E-state index contributed by atoms with van der Waals surface area (Å²) in [4.78, 5) is 14.5. The van der Waals surface area contributed by atoms with Gasteiger partial charge < -0.3 is 10.2 Å². The summed E-state index contributed by atoms with van der Waals surface area (Å²) in [5.41, 5.74) is 2.23. The molecule has 3 rings (SSSR count). The summed E-state index contributed by atoms with van der Waals surface area (Å²) in [5.74, 6) is 0.0890. The van der Waals surface area contributed by atoms with Crippen LogP contribution < -0.4 is 10.2 Å². The molecule has 0 bridgehead atoms. The Kier molecular flexibility index (Phi) is 4.42. The van der Waals surface area contributed by atoms with Crippen molar-refractivity contribution in [3.8, 4) is 0 Å². The molecule has 1 N–H and O–H groups in total. The van der Waals surface area contributed by atoms with Crippen molar-refractivity contribution in [2.75, 3.05) is 18.0 Å². The van der Waals surface area contributed by atoms with E-state index < -0.39 is 0 Å². The van der Waals surface area contributed by atoms with Gasteiger partial charge in [0.05, 0.1) is 12.6 Å². The van der Waals surface area contributed by atoms with E-state index in [-0.39, 0.29) is 11.9 Å². The Morgan fingerprint density at radius 2 is 2.00 bits per heavy atom. The van der Waals surface area contributed by atoms with Crippen LogP contribution in [0.4, 0.5) is 5.69 Å². The largest absolute Gasteiger partial charge is 0.371 e. The standard InChI is InChI=1S/C17H22N4O/c1-20-13-14(12-18-20)11-17(22)19-15-7-9-21(10-8-15)16-5-3-2-4-6-16/h2-6,12-13,15H,7-11H2,1H3,(H,19,22). The van der Waals surface area contributed by atoms with Crippen molar-refractivity contribution in [3.63, 3.8) is 0 Å². The average Bonchev–Trinajstić information content (AvgIpc) is 2.94. The van der Waals surface area contributed by atoms with Gasteiger partial charge in [-0.3, -0.25) is 9.48 Å². The first-order chi connectivity index (χ1) is 10.7. The second kappa shape index (κ2) is 6.64. The molecule has 0 saturated carbocycles. The van der Waals surface area contributed by atoms with Gasteiger partial charge in [-0.1, -0.05) is 18.2 Å². The molecule has 116 valence electrons. The highest BCUT2D eigenvalue weighted by atomic mass is 16.1. The molecule has 2 aromatic rings. The Morgan fingerprint density at radius 1 is 1.27 bits per heavy atom. The minimum absolute atomic E-state index is 0.0890. The van der Waals surface area contributed by atoms with Crippen LogP contribution >= 0.6 is 0 Å². The molecule has 1 aromatic heterocycles. The molecule has 1 amide bonds. The molecule has 1 aliphatic rings. The van der Waals surface area contributed by atoms with Crippen LogP contribution in [0, 0.1) is 0 Å². The Hall–Kier alpha value is -2.30. The zero-order valence-electron chi connectivity index (χ0n) is 12.9. The first kappa shape index (κ1) is 14.6. The van der Waals surface area contributed by atoms with Crippen molar-refractivity contribution in [1.82, 2.24) is 15.1 Å². The van der Waals surface area contributed by atoms with Crippen LogP contribution in [-0.2, 0) is 18.3 Å². The van der Waals surface area contributed by atoms with Gasteiger partial charge in [-0.05, 0) is 30.5 Å². The second-order valence-electron chi connectivity index (χ2n) is 5.86. The van der Waals surface area contributed by atoms with Crippen molar-refractivity contribution in [2.45, 2.75) is 25.3 Å². The number of anilines is 1. The Bertz CT molecular complexity index is 615. The molecule has 0 spiro atoms. The normalized spacial score (nSPS) is 15.8. The second-order valence-corrected chi connectivity index (χ2v) is 5.86. The lowest BCUT2D eigenvalue weighted by Gasteiger charge is -2.34. The zero-order valence-corrected chi connectivity index (χ0v) is 12.9. The fourth-order valence-corrected chi connectivity index (χ4v) is 2.95. The summed E-state index contributed by atoms with van der Waals surface area (Å²) in [6.07, 6.45) is 6.03. The topological polar surface area (TPSA) is 50.2 Å². The van der Waals surface area contributed by atoms with E-state index in [1.54, 1.807) is 10.9 Å². The van der Waals surface area contributed by atoms with Crippen molar-refractivity contribution in [2.24, 2.45) is 7.05 Å². The lowest BCUT2D eigenvalue weighted by Crippen LogP contribution is -2.45. The number of para-hydroxylation sites is 1. The molecule has 2 heterocycles. The number of nitrogens with one attached hydrogen (secondary N) is 1. The maximum atomic E-state index is 12.1. The molecular formula is C17H22N4O. The summed E-state index contributed by atoms with van der Waals surface area (Å²) in [5, 5.41) is 7.24.